The van der Waals surface area contributed by atoms with E-state index in [0.717, 1.165) is 16.8 Å². The van der Waals surface area contributed by atoms with Gasteiger partial charge in [0.1, 0.15) is 23.3 Å². The van der Waals surface area contributed by atoms with E-state index in [0.29, 0.717) is 17.3 Å². The minimum Gasteiger partial charge on any atom is -0.488 e. The van der Waals surface area contributed by atoms with Gasteiger partial charge in [0.05, 0.1) is 5.69 Å². The molecular weight excluding hydrogens is 293 g/mol. The summed E-state index contributed by atoms with van der Waals surface area (Å²) in [7, 11) is 1.78. The van der Waals surface area contributed by atoms with Crippen LogP contribution in [0.25, 0.3) is 0 Å². The van der Waals surface area contributed by atoms with E-state index in [1.54, 1.807) is 17.8 Å². The molecule has 0 aliphatic carbocycles. The van der Waals surface area contributed by atoms with Crippen molar-refractivity contribution in [2.75, 3.05) is 0 Å². The van der Waals surface area contributed by atoms with E-state index in [2.05, 4.69) is 5.10 Å². The second-order valence-corrected chi connectivity index (χ2v) is 5.56. The van der Waals surface area contributed by atoms with Crippen molar-refractivity contribution in [2.24, 2.45) is 12.8 Å². The quantitative estimate of drug-likeness (QED) is 0.923. The summed E-state index contributed by atoms with van der Waals surface area (Å²) >= 11 is 6.17. The summed E-state index contributed by atoms with van der Waals surface area (Å²) in [5.74, 6) is 0.321. The Morgan fingerprint density at radius 2 is 2.19 bits per heavy atom. The van der Waals surface area contributed by atoms with Gasteiger partial charge in [-0.25, -0.2) is 4.39 Å². The van der Waals surface area contributed by atoms with Crippen LogP contribution in [0.4, 0.5) is 4.39 Å². The highest BCUT2D eigenvalue weighted by Crippen LogP contribution is 2.25. The fourth-order valence-electron chi connectivity index (χ4n) is 2.18. The Balaban J connectivity index is 2.19. The van der Waals surface area contributed by atoms with Crippen LogP contribution in [-0.2, 0) is 20.1 Å². The third-order valence-corrected chi connectivity index (χ3v) is 3.68. The molecule has 0 bridgehead atoms. The number of nitrogens with two attached hydrogens (primary N) is 1. The highest BCUT2D eigenvalue weighted by Gasteiger charge is 2.13. The molecule has 0 radical (unpaired) electrons. The van der Waals surface area contributed by atoms with Gasteiger partial charge in [-0.15, -0.1) is 0 Å². The van der Waals surface area contributed by atoms with Gasteiger partial charge in [-0.3, -0.25) is 4.68 Å². The minimum absolute atomic E-state index is 0.0714. The number of hydrogen-bond acceptors (Lipinski definition) is 3. The number of aromatic nitrogens is 2. The van der Waals surface area contributed by atoms with Crippen molar-refractivity contribution in [3.05, 3.63) is 46.0 Å². The van der Waals surface area contributed by atoms with E-state index in [-0.39, 0.29) is 18.5 Å². The summed E-state index contributed by atoms with van der Waals surface area (Å²) in [6, 6.07) is 4.37. The van der Waals surface area contributed by atoms with Gasteiger partial charge in [-0.1, -0.05) is 11.6 Å². The largest absolute Gasteiger partial charge is 0.488 e. The summed E-state index contributed by atoms with van der Waals surface area (Å²) in [4.78, 5) is 0. The summed E-state index contributed by atoms with van der Waals surface area (Å²) in [5.41, 5.74) is 8.19. The van der Waals surface area contributed by atoms with Crippen molar-refractivity contribution in [1.82, 2.24) is 9.78 Å². The SMILES string of the molecule is Cc1nn(C)c(Cl)c1COc1ccc(F)cc1CC(C)N. The average Bonchev–Trinajstić information content (AvgIpc) is 2.62. The first-order chi connectivity index (χ1) is 9.88. The minimum atomic E-state index is -0.298. The Morgan fingerprint density at radius 1 is 1.48 bits per heavy atom. The molecule has 1 aromatic carbocycles. The summed E-state index contributed by atoms with van der Waals surface area (Å²) < 4.78 is 20.8. The van der Waals surface area contributed by atoms with Gasteiger partial charge in [0.2, 0.25) is 0 Å². The van der Waals surface area contributed by atoms with Crippen LogP contribution < -0.4 is 10.5 Å². The number of aryl methyl sites for hydroxylation is 2. The van der Waals surface area contributed by atoms with Crippen LogP contribution in [-0.4, -0.2) is 15.8 Å². The fourth-order valence-corrected chi connectivity index (χ4v) is 2.41. The van der Waals surface area contributed by atoms with E-state index < -0.39 is 0 Å². The molecule has 2 rings (SSSR count). The normalized spacial score (nSPS) is 12.5. The van der Waals surface area contributed by atoms with Crippen molar-refractivity contribution in [3.8, 4) is 5.75 Å². The monoisotopic (exact) mass is 311 g/mol. The number of halogens is 2. The molecule has 1 atom stereocenters. The van der Waals surface area contributed by atoms with E-state index in [1.165, 1.54) is 12.1 Å². The van der Waals surface area contributed by atoms with E-state index in [4.69, 9.17) is 22.1 Å². The van der Waals surface area contributed by atoms with Crippen LogP contribution in [0.2, 0.25) is 5.15 Å². The van der Waals surface area contributed by atoms with Crippen molar-refractivity contribution < 1.29 is 9.13 Å². The van der Waals surface area contributed by atoms with E-state index in [1.807, 2.05) is 13.8 Å². The van der Waals surface area contributed by atoms with E-state index >= 15 is 0 Å². The predicted molar refractivity (Wildman–Crippen MR) is 81.0 cm³/mol. The van der Waals surface area contributed by atoms with Gasteiger partial charge in [0.15, 0.2) is 0 Å². The van der Waals surface area contributed by atoms with Crippen molar-refractivity contribution in [2.45, 2.75) is 32.9 Å². The number of hydrogen-bond donors (Lipinski definition) is 1. The van der Waals surface area contributed by atoms with Gasteiger partial charge >= 0.3 is 0 Å². The van der Waals surface area contributed by atoms with Crippen molar-refractivity contribution in [3.63, 3.8) is 0 Å². The maximum atomic E-state index is 13.4. The molecule has 1 unspecified atom stereocenters. The zero-order chi connectivity index (χ0) is 15.6. The lowest BCUT2D eigenvalue weighted by atomic mass is 10.1. The standard InChI is InChI=1S/C15H19ClFN3O/c1-9(18)6-11-7-12(17)4-5-14(11)21-8-13-10(2)19-20(3)15(13)16/h4-5,7,9H,6,8,18H2,1-3H3. The second-order valence-electron chi connectivity index (χ2n) is 5.20. The van der Waals surface area contributed by atoms with Crippen LogP contribution in [0.15, 0.2) is 18.2 Å². The van der Waals surface area contributed by atoms with Crippen molar-refractivity contribution >= 4 is 11.6 Å². The number of rotatable bonds is 5. The molecule has 4 nitrogen and oxygen atoms in total. The molecular formula is C15H19ClFN3O. The van der Waals surface area contributed by atoms with Gasteiger partial charge in [-0.2, -0.15) is 5.10 Å². The Labute approximate surface area is 128 Å². The third-order valence-electron chi connectivity index (χ3n) is 3.21. The molecule has 6 heteroatoms. The molecule has 0 aliphatic heterocycles. The molecule has 1 aromatic heterocycles. The van der Waals surface area contributed by atoms with Gasteiger partial charge in [-0.05, 0) is 44.0 Å². The Hall–Kier alpha value is -1.59. The lowest BCUT2D eigenvalue weighted by Gasteiger charge is -2.13. The van der Waals surface area contributed by atoms with Crippen LogP contribution in [0.1, 0.15) is 23.7 Å². The topological polar surface area (TPSA) is 53.1 Å². The molecule has 2 N–H and O–H groups in total. The fraction of sp³-hybridized carbons (Fsp3) is 0.400. The molecule has 0 saturated heterocycles. The third kappa shape index (κ3) is 3.74. The first kappa shape index (κ1) is 15.8. The highest BCUT2D eigenvalue weighted by molar-refractivity contribution is 6.30. The molecule has 0 spiro atoms. The lowest BCUT2D eigenvalue weighted by Crippen LogP contribution is -2.18. The summed E-state index contributed by atoms with van der Waals surface area (Å²) in [6.45, 7) is 4.03. The maximum Gasteiger partial charge on any atom is 0.133 e. The highest BCUT2D eigenvalue weighted by atomic mass is 35.5. The molecule has 0 amide bonds. The number of nitrogens with zero attached hydrogens (tertiary/aromatic N) is 2. The van der Waals surface area contributed by atoms with Crippen LogP contribution in [0.3, 0.4) is 0 Å². The zero-order valence-corrected chi connectivity index (χ0v) is 13.1. The Bertz CT molecular complexity index is 640. The predicted octanol–water partition coefficient (Wildman–Crippen LogP) is 2.99. The van der Waals surface area contributed by atoms with E-state index in [9.17, 15) is 4.39 Å². The van der Waals surface area contributed by atoms with Gasteiger partial charge < -0.3 is 10.5 Å². The molecule has 21 heavy (non-hydrogen) atoms. The van der Waals surface area contributed by atoms with Crippen LogP contribution >= 0.6 is 11.6 Å². The second kappa shape index (κ2) is 6.45. The lowest BCUT2D eigenvalue weighted by molar-refractivity contribution is 0.301. The molecule has 0 aliphatic rings. The van der Waals surface area contributed by atoms with Crippen LogP contribution in [0, 0.1) is 12.7 Å². The van der Waals surface area contributed by atoms with Crippen LogP contribution in [0.5, 0.6) is 5.75 Å². The molecule has 114 valence electrons. The first-order valence-electron chi connectivity index (χ1n) is 6.73. The van der Waals surface area contributed by atoms with Crippen molar-refractivity contribution in [1.29, 1.82) is 0 Å². The molecule has 1 heterocycles. The maximum absolute atomic E-state index is 13.4. The smallest absolute Gasteiger partial charge is 0.133 e. The number of benzene rings is 1. The summed E-state index contributed by atoms with van der Waals surface area (Å²) in [5, 5.41) is 4.78. The Kier molecular flexibility index (Phi) is 4.85. The van der Waals surface area contributed by atoms with Gasteiger partial charge in [0.25, 0.3) is 0 Å². The average molecular weight is 312 g/mol. The van der Waals surface area contributed by atoms with Gasteiger partial charge in [0, 0.05) is 18.7 Å². The zero-order valence-electron chi connectivity index (χ0n) is 12.4. The molecule has 0 saturated carbocycles. The first-order valence-corrected chi connectivity index (χ1v) is 7.11. The summed E-state index contributed by atoms with van der Waals surface area (Å²) in [6.07, 6.45) is 0.548. The Morgan fingerprint density at radius 3 is 2.76 bits per heavy atom. The number of ether oxygens (including phenoxy) is 1. The molecule has 2 aromatic rings. The molecule has 0 fully saturated rings.